The Morgan fingerprint density at radius 3 is 2.65 bits per heavy atom. The number of hydrogen-bond acceptors (Lipinski definition) is 3. The molecule has 0 saturated carbocycles. The summed E-state index contributed by atoms with van der Waals surface area (Å²) in [6, 6.07) is 10.4. The Hall–Kier alpha value is -1.22. The summed E-state index contributed by atoms with van der Waals surface area (Å²) < 4.78 is 1.80. The normalized spacial score (nSPS) is 12.4. The molecule has 126 valence electrons. The number of thioether (sulfide) groups is 1. The molecule has 0 bridgehead atoms. The molecule has 1 unspecified atom stereocenters. The molecule has 0 spiro atoms. The van der Waals surface area contributed by atoms with Crippen LogP contribution in [-0.2, 0) is 13.6 Å². The predicted molar refractivity (Wildman–Crippen MR) is 109 cm³/mol. The van der Waals surface area contributed by atoms with Crippen LogP contribution in [0.25, 0.3) is 0 Å². The van der Waals surface area contributed by atoms with E-state index in [1.54, 1.807) is 11.7 Å². The lowest BCUT2D eigenvalue weighted by molar-refractivity contribution is 0.764. The zero-order chi connectivity index (χ0) is 15.8. The molecule has 0 aliphatic rings. The number of guanidine groups is 1. The van der Waals surface area contributed by atoms with E-state index in [-0.39, 0.29) is 24.0 Å². The summed E-state index contributed by atoms with van der Waals surface area (Å²) in [5.41, 5.74) is 1.14. The van der Waals surface area contributed by atoms with Crippen LogP contribution in [0.15, 0.2) is 52.6 Å². The van der Waals surface area contributed by atoms with Gasteiger partial charge >= 0.3 is 0 Å². The highest BCUT2D eigenvalue weighted by molar-refractivity contribution is 14.0. The lowest BCUT2D eigenvalue weighted by atomic mass is 10.3. The minimum atomic E-state index is 0. The molecule has 2 aromatic rings. The summed E-state index contributed by atoms with van der Waals surface area (Å²) in [4.78, 5) is 5.53. The molecule has 0 amide bonds. The molecular formula is C16H24IN5S. The predicted octanol–water partition coefficient (Wildman–Crippen LogP) is 2.88. The van der Waals surface area contributed by atoms with E-state index < -0.39 is 0 Å². The largest absolute Gasteiger partial charge is 0.355 e. The number of nitrogens with zero attached hydrogens (tertiary/aromatic N) is 3. The van der Waals surface area contributed by atoms with Gasteiger partial charge in [-0.25, -0.2) is 0 Å². The lowest BCUT2D eigenvalue weighted by Gasteiger charge is -2.15. The van der Waals surface area contributed by atoms with Gasteiger partial charge in [0.15, 0.2) is 5.96 Å². The highest BCUT2D eigenvalue weighted by Crippen LogP contribution is 2.21. The standard InChI is InChI=1S/C16H23N5S.HI/c1-13(22-15-7-5-4-6-8-15)9-18-16(17-2)19-10-14-11-20-21(3)12-14;/h4-8,11-13H,9-10H2,1-3H3,(H2,17,18,19);1H. The van der Waals surface area contributed by atoms with Gasteiger partial charge in [0.1, 0.15) is 0 Å². The van der Waals surface area contributed by atoms with Crippen LogP contribution in [0.2, 0.25) is 0 Å². The fourth-order valence-electron chi connectivity index (χ4n) is 1.98. The van der Waals surface area contributed by atoms with Gasteiger partial charge in [0.05, 0.1) is 6.20 Å². The van der Waals surface area contributed by atoms with Crippen molar-refractivity contribution in [3.63, 3.8) is 0 Å². The average Bonchev–Trinajstić information content (AvgIpc) is 2.94. The number of aliphatic imine (C=N–C) groups is 1. The molecule has 0 aliphatic carbocycles. The second-order valence-electron chi connectivity index (χ2n) is 5.07. The maximum absolute atomic E-state index is 4.25. The molecule has 2 rings (SSSR count). The first-order valence-corrected chi connectivity index (χ1v) is 8.19. The van der Waals surface area contributed by atoms with Crippen molar-refractivity contribution < 1.29 is 0 Å². The molecule has 5 nitrogen and oxygen atoms in total. The number of hydrogen-bond donors (Lipinski definition) is 2. The fraction of sp³-hybridized carbons (Fsp3) is 0.375. The maximum atomic E-state index is 4.25. The number of aryl methyl sites for hydroxylation is 1. The highest BCUT2D eigenvalue weighted by atomic mass is 127. The molecule has 0 fully saturated rings. The summed E-state index contributed by atoms with van der Waals surface area (Å²) in [5, 5.41) is 11.3. The van der Waals surface area contributed by atoms with E-state index in [4.69, 9.17) is 0 Å². The van der Waals surface area contributed by atoms with Crippen molar-refractivity contribution in [3.05, 3.63) is 48.3 Å². The minimum Gasteiger partial charge on any atom is -0.355 e. The van der Waals surface area contributed by atoms with Gasteiger partial charge in [0.25, 0.3) is 0 Å². The summed E-state index contributed by atoms with van der Waals surface area (Å²) in [6.07, 6.45) is 3.85. The van der Waals surface area contributed by atoms with Gasteiger partial charge in [-0.2, -0.15) is 5.10 Å². The Labute approximate surface area is 159 Å². The Balaban J connectivity index is 0.00000264. The van der Waals surface area contributed by atoms with Gasteiger partial charge in [0, 0.05) is 49.1 Å². The molecule has 2 N–H and O–H groups in total. The van der Waals surface area contributed by atoms with E-state index >= 15 is 0 Å². The molecule has 0 aliphatic heterocycles. The smallest absolute Gasteiger partial charge is 0.191 e. The molecule has 1 aromatic heterocycles. The summed E-state index contributed by atoms with van der Waals surface area (Å²) >= 11 is 1.86. The first kappa shape index (κ1) is 19.8. The van der Waals surface area contributed by atoms with E-state index in [0.29, 0.717) is 11.8 Å². The molecule has 1 atom stereocenters. The summed E-state index contributed by atoms with van der Waals surface area (Å²) in [6.45, 7) is 3.78. The van der Waals surface area contributed by atoms with Crippen LogP contribution in [-0.4, -0.2) is 34.6 Å². The Kier molecular flexibility index (Phi) is 9.08. The van der Waals surface area contributed by atoms with Crippen LogP contribution >= 0.6 is 35.7 Å². The molecule has 7 heteroatoms. The van der Waals surface area contributed by atoms with Gasteiger partial charge in [-0.15, -0.1) is 35.7 Å². The van der Waals surface area contributed by atoms with Gasteiger partial charge in [-0.1, -0.05) is 25.1 Å². The third-order valence-electron chi connectivity index (χ3n) is 3.08. The monoisotopic (exact) mass is 445 g/mol. The molecule has 1 heterocycles. The second kappa shape index (κ2) is 10.5. The number of nitrogens with one attached hydrogen (secondary N) is 2. The van der Waals surface area contributed by atoms with Gasteiger partial charge in [-0.05, 0) is 12.1 Å². The molecule has 23 heavy (non-hydrogen) atoms. The van der Waals surface area contributed by atoms with E-state index in [2.05, 4.69) is 51.9 Å². The van der Waals surface area contributed by atoms with Crippen LogP contribution in [0.4, 0.5) is 0 Å². The van der Waals surface area contributed by atoms with Crippen molar-refractivity contribution in [2.45, 2.75) is 23.6 Å². The van der Waals surface area contributed by atoms with Crippen molar-refractivity contribution >= 4 is 41.7 Å². The number of rotatable bonds is 6. The first-order valence-electron chi connectivity index (χ1n) is 7.31. The van der Waals surface area contributed by atoms with Crippen LogP contribution in [0.3, 0.4) is 0 Å². The summed E-state index contributed by atoms with van der Waals surface area (Å²) in [7, 11) is 3.70. The van der Waals surface area contributed by atoms with Gasteiger partial charge < -0.3 is 10.6 Å². The van der Waals surface area contributed by atoms with Gasteiger partial charge in [0.2, 0.25) is 0 Å². The topological polar surface area (TPSA) is 54.2 Å². The Morgan fingerprint density at radius 1 is 1.30 bits per heavy atom. The number of aromatic nitrogens is 2. The Morgan fingerprint density at radius 2 is 2.04 bits per heavy atom. The number of benzene rings is 1. The third-order valence-corrected chi connectivity index (χ3v) is 4.19. The highest BCUT2D eigenvalue weighted by Gasteiger charge is 2.06. The maximum Gasteiger partial charge on any atom is 0.191 e. The SMILES string of the molecule is CN=C(NCc1cnn(C)c1)NCC(C)Sc1ccccc1.I. The van der Waals surface area contributed by atoms with Crippen LogP contribution in [0.5, 0.6) is 0 Å². The van der Waals surface area contributed by atoms with Crippen molar-refractivity contribution in [3.8, 4) is 0 Å². The van der Waals surface area contributed by atoms with E-state index in [1.165, 1.54) is 4.90 Å². The average molecular weight is 445 g/mol. The van der Waals surface area contributed by atoms with Crippen molar-refractivity contribution in [2.75, 3.05) is 13.6 Å². The van der Waals surface area contributed by atoms with Crippen LogP contribution in [0, 0.1) is 0 Å². The fourth-order valence-corrected chi connectivity index (χ4v) is 2.93. The third kappa shape index (κ3) is 7.26. The minimum absolute atomic E-state index is 0. The molecule has 0 radical (unpaired) electrons. The number of halogens is 1. The van der Waals surface area contributed by atoms with Crippen LogP contribution < -0.4 is 10.6 Å². The van der Waals surface area contributed by atoms with Crippen molar-refractivity contribution in [1.29, 1.82) is 0 Å². The summed E-state index contributed by atoms with van der Waals surface area (Å²) in [5.74, 6) is 0.810. The molecular weight excluding hydrogens is 421 g/mol. The molecule has 0 saturated heterocycles. The zero-order valence-corrected chi connectivity index (χ0v) is 16.8. The van der Waals surface area contributed by atoms with E-state index in [1.807, 2.05) is 37.3 Å². The Bertz CT molecular complexity index is 600. The zero-order valence-electron chi connectivity index (χ0n) is 13.7. The van der Waals surface area contributed by atoms with Crippen molar-refractivity contribution in [2.24, 2.45) is 12.0 Å². The lowest BCUT2D eigenvalue weighted by Crippen LogP contribution is -2.39. The quantitative estimate of drug-likeness (QED) is 0.311. The van der Waals surface area contributed by atoms with Gasteiger partial charge in [-0.3, -0.25) is 9.67 Å². The second-order valence-corrected chi connectivity index (χ2v) is 6.58. The van der Waals surface area contributed by atoms with Crippen LogP contribution in [0.1, 0.15) is 12.5 Å². The van der Waals surface area contributed by atoms with Crippen molar-refractivity contribution in [1.82, 2.24) is 20.4 Å². The van der Waals surface area contributed by atoms with E-state index in [0.717, 1.165) is 18.1 Å². The molecule has 1 aromatic carbocycles. The first-order chi connectivity index (χ1) is 10.7. The van der Waals surface area contributed by atoms with E-state index in [9.17, 15) is 0 Å².